The second-order valence-electron chi connectivity index (χ2n) is 5.88. The minimum absolute atomic E-state index is 0.453. The summed E-state index contributed by atoms with van der Waals surface area (Å²) in [6.07, 6.45) is 8.91. The molecule has 2 heterocycles. The number of likely N-dealkylation sites (tertiary alicyclic amines) is 1. The molecule has 2 bridgehead atoms. The van der Waals surface area contributed by atoms with Crippen molar-refractivity contribution < 1.29 is 4.74 Å². The molecule has 3 rings (SSSR count). The minimum atomic E-state index is 0.453. The summed E-state index contributed by atoms with van der Waals surface area (Å²) in [6.45, 7) is 3.52. The number of hydrogen-bond acceptors (Lipinski definition) is 3. The molecule has 3 heteroatoms. The largest absolute Gasteiger partial charge is 0.372 e. The molecule has 0 aromatic carbocycles. The van der Waals surface area contributed by atoms with Crippen LogP contribution >= 0.6 is 0 Å². The summed E-state index contributed by atoms with van der Waals surface area (Å²) in [5.74, 6) is 0.742. The molecule has 0 aromatic rings. The Kier molecular flexibility index (Phi) is 3.18. The van der Waals surface area contributed by atoms with Crippen molar-refractivity contribution in [1.29, 1.82) is 0 Å². The van der Waals surface area contributed by atoms with Gasteiger partial charge in [0.05, 0.1) is 12.2 Å². The van der Waals surface area contributed by atoms with E-state index in [9.17, 15) is 0 Å². The van der Waals surface area contributed by atoms with E-state index in [1.807, 2.05) is 0 Å². The van der Waals surface area contributed by atoms with Crippen LogP contribution in [0.3, 0.4) is 0 Å². The zero-order chi connectivity index (χ0) is 11.0. The Bertz CT molecular complexity index is 234. The van der Waals surface area contributed by atoms with Gasteiger partial charge in [-0.2, -0.15) is 0 Å². The van der Waals surface area contributed by atoms with Crippen LogP contribution in [0.15, 0.2) is 0 Å². The first kappa shape index (κ1) is 11.0. The van der Waals surface area contributed by atoms with Crippen molar-refractivity contribution in [2.75, 3.05) is 19.6 Å². The number of ether oxygens (including phenoxy) is 1. The number of nitrogens with two attached hydrogens (primary N) is 1. The summed E-state index contributed by atoms with van der Waals surface area (Å²) in [6, 6.07) is 0.453. The summed E-state index contributed by atoms with van der Waals surface area (Å²) in [7, 11) is 0. The van der Waals surface area contributed by atoms with Crippen molar-refractivity contribution in [3.63, 3.8) is 0 Å². The minimum Gasteiger partial charge on any atom is -0.372 e. The zero-order valence-corrected chi connectivity index (χ0v) is 10.1. The Morgan fingerprint density at radius 3 is 2.38 bits per heavy atom. The van der Waals surface area contributed by atoms with Gasteiger partial charge in [0.25, 0.3) is 0 Å². The van der Waals surface area contributed by atoms with E-state index in [2.05, 4.69) is 4.90 Å². The van der Waals surface area contributed by atoms with Crippen molar-refractivity contribution in [1.82, 2.24) is 4.90 Å². The fraction of sp³-hybridized carbons (Fsp3) is 1.00. The number of nitrogens with zero attached hydrogens (tertiary/aromatic N) is 1. The van der Waals surface area contributed by atoms with Gasteiger partial charge in [0.1, 0.15) is 0 Å². The Morgan fingerprint density at radius 1 is 1.00 bits per heavy atom. The highest BCUT2D eigenvalue weighted by Gasteiger charge is 2.35. The summed E-state index contributed by atoms with van der Waals surface area (Å²) in [5.41, 5.74) is 6.22. The molecule has 4 unspecified atom stereocenters. The maximum atomic E-state index is 6.22. The maximum Gasteiger partial charge on any atom is 0.0707 e. The molecule has 2 saturated heterocycles. The summed E-state index contributed by atoms with van der Waals surface area (Å²) in [4.78, 5) is 2.61. The van der Waals surface area contributed by atoms with Gasteiger partial charge < -0.3 is 10.5 Å². The first-order chi connectivity index (χ1) is 7.81. The number of hydrogen-bond donors (Lipinski definition) is 1. The average molecular weight is 224 g/mol. The van der Waals surface area contributed by atoms with E-state index in [0.717, 1.165) is 19.0 Å². The van der Waals surface area contributed by atoms with Gasteiger partial charge in [-0.1, -0.05) is 12.8 Å². The van der Waals surface area contributed by atoms with Crippen LogP contribution in [0.25, 0.3) is 0 Å². The molecular weight excluding hydrogens is 200 g/mol. The second kappa shape index (κ2) is 4.63. The first-order valence-electron chi connectivity index (χ1n) is 6.94. The van der Waals surface area contributed by atoms with Crippen LogP contribution in [-0.4, -0.2) is 42.8 Å². The summed E-state index contributed by atoms with van der Waals surface area (Å²) in [5, 5.41) is 0. The van der Waals surface area contributed by atoms with Crippen LogP contribution < -0.4 is 5.73 Å². The van der Waals surface area contributed by atoms with Gasteiger partial charge in [-0.3, -0.25) is 4.90 Å². The lowest BCUT2D eigenvalue weighted by Gasteiger charge is -2.37. The Morgan fingerprint density at radius 2 is 1.69 bits per heavy atom. The Labute approximate surface area is 98.3 Å². The summed E-state index contributed by atoms with van der Waals surface area (Å²) < 4.78 is 5.87. The lowest BCUT2D eigenvalue weighted by atomic mass is 9.84. The zero-order valence-electron chi connectivity index (χ0n) is 10.1. The standard InChI is InChI=1S/C13H24N2O/c14-13-4-2-1-3-10(13)7-15-8-11-5-6-12(9-15)16-11/h10-13H,1-9,14H2. The first-order valence-corrected chi connectivity index (χ1v) is 6.94. The van der Waals surface area contributed by atoms with E-state index in [1.165, 1.54) is 45.1 Å². The monoisotopic (exact) mass is 224 g/mol. The second-order valence-corrected chi connectivity index (χ2v) is 5.88. The predicted octanol–water partition coefficient (Wildman–Crippen LogP) is 1.37. The molecular formula is C13H24N2O. The molecule has 2 aliphatic heterocycles. The molecule has 92 valence electrons. The average Bonchev–Trinajstić information content (AvgIpc) is 2.62. The molecule has 3 nitrogen and oxygen atoms in total. The molecule has 16 heavy (non-hydrogen) atoms. The van der Waals surface area contributed by atoms with Gasteiger partial charge in [-0.05, 0) is 31.6 Å². The molecule has 1 aliphatic carbocycles. The van der Waals surface area contributed by atoms with E-state index >= 15 is 0 Å². The van der Waals surface area contributed by atoms with Gasteiger partial charge in [-0.25, -0.2) is 0 Å². The number of fused-ring (bicyclic) bond motifs is 2. The van der Waals surface area contributed by atoms with Gasteiger partial charge in [0.15, 0.2) is 0 Å². The topological polar surface area (TPSA) is 38.5 Å². The van der Waals surface area contributed by atoms with Gasteiger partial charge in [0, 0.05) is 25.7 Å². The third-order valence-electron chi connectivity index (χ3n) is 4.58. The normalized spacial score (nSPS) is 44.8. The third-order valence-corrected chi connectivity index (χ3v) is 4.58. The lowest BCUT2D eigenvalue weighted by Crippen LogP contribution is -2.48. The van der Waals surface area contributed by atoms with Crippen LogP contribution in [0.1, 0.15) is 38.5 Å². The van der Waals surface area contributed by atoms with Crippen LogP contribution in [0.2, 0.25) is 0 Å². The molecule has 0 radical (unpaired) electrons. The molecule has 2 N–H and O–H groups in total. The molecule has 4 atom stereocenters. The van der Waals surface area contributed by atoms with E-state index in [1.54, 1.807) is 0 Å². The molecule has 3 aliphatic rings. The Hall–Kier alpha value is -0.120. The molecule has 3 fully saturated rings. The molecule has 1 saturated carbocycles. The fourth-order valence-electron chi connectivity index (χ4n) is 3.64. The van der Waals surface area contributed by atoms with Crippen LogP contribution in [-0.2, 0) is 4.74 Å². The molecule has 0 aromatic heterocycles. The smallest absolute Gasteiger partial charge is 0.0707 e. The molecule has 0 spiro atoms. The highest BCUT2D eigenvalue weighted by molar-refractivity contribution is 4.88. The SMILES string of the molecule is NC1CCCCC1CN1CC2CCC(C1)O2. The van der Waals surface area contributed by atoms with Crippen LogP contribution in [0.4, 0.5) is 0 Å². The fourth-order valence-corrected chi connectivity index (χ4v) is 3.64. The lowest BCUT2D eigenvalue weighted by molar-refractivity contribution is -0.0447. The van der Waals surface area contributed by atoms with E-state index in [4.69, 9.17) is 10.5 Å². The number of morpholine rings is 1. The van der Waals surface area contributed by atoms with Crippen molar-refractivity contribution in [3.05, 3.63) is 0 Å². The quantitative estimate of drug-likeness (QED) is 0.770. The van der Waals surface area contributed by atoms with Gasteiger partial charge in [-0.15, -0.1) is 0 Å². The van der Waals surface area contributed by atoms with Gasteiger partial charge in [0.2, 0.25) is 0 Å². The highest BCUT2D eigenvalue weighted by Crippen LogP contribution is 2.29. The van der Waals surface area contributed by atoms with E-state index in [-0.39, 0.29) is 0 Å². The Balaban J connectivity index is 1.54. The van der Waals surface area contributed by atoms with Crippen molar-refractivity contribution in [3.8, 4) is 0 Å². The number of rotatable bonds is 2. The highest BCUT2D eigenvalue weighted by atomic mass is 16.5. The predicted molar refractivity (Wildman–Crippen MR) is 64.3 cm³/mol. The van der Waals surface area contributed by atoms with Crippen molar-refractivity contribution in [2.45, 2.75) is 56.8 Å². The van der Waals surface area contributed by atoms with Crippen molar-refractivity contribution in [2.24, 2.45) is 11.7 Å². The van der Waals surface area contributed by atoms with Crippen molar-refractivity contribution >= 4 is 0 Å². The van der Waals surface area contributed by atoms with Crippen LogP contribution in [0.5, 0.6) is 0 Å². The van der Waals surface area contributed by atoms with E-state index in [0.29, 0.717) is 18.2 Å². The van der Waals surface area contributed by atoms with Crippen LogP contribution in [0, 0.1) is 5.92 Å². The van der Waals surface area contributed by atoms with E-state index < -0.39 is 0 Å². The maximum absolute atomic E-state index is 6.22. The third kappa shape index (κ3) is 2.27. The summed E-state index contributed by atoms with van der Waals surface area (Å²) >= 11 is 0. The molecule has 0 amide bonds. The van der Waals surface area contributed by atoms with Gasteiger partial charge >= 0.3 is 0 Å².